The molecule has 1 fully saturated rings. The Morgan fingerprint density at radius 3 is 2.50 bits per heavy atom. The zero-order valence-corrected chi connectivity index (χ0v) is 11.4. The van der Waals surface area contributed by atoms with Crippen LogP contribution in [0.3, 0.4) is 0 Å². The van der Waals surface area contributed by atoms with E-state index in [-0.39, 0.29) is 5.54 Å². The second-order valence-electron chi connectivity index (χ2n) is 5.31. The number of carbonyl (C=O) groups excluding carboxylic acids is 1. The molecule has 0 N–H and O–H groups in total. The smallest absolute Gasteiger partial charge is 0.235 e. The van der Waals surface area contributed by atoms with Gasteiger partial charge in [0, 0.05) is 5.56 Å². The Morgan fingerprint density at radius 2 is 1.95 bits per heavy atom. The number of oxazole rings is 1. The number of hydrogen-bond acceptors (Lipinski definition) is 4. The summed E-state index contributed by atoms with van der Waals surface area (Å²) in [6.07, 6.45) is 7.42. The minimum absolute atomic E-state index is 0.368. The zero-order chi connectivity index (χ0) is 14.0. The average molecular weight is 268 g/mol. The van der Waals surface area contributed by atoms with Crippen LogP contribution in [0, 0.1) is 6.92 Å². The molecular weight excluding hydrogens is 252 g/mol. The molecule has 3 rings (SSSR count). The van der Waals surface area contributed by atoms with E-state index in [1.165, 1.54) is 0 Å². The highest BCUT2D eigenvalue weighted by molar-refractivity contribution is 5.54. The molecule has 0 aliphatic heterocycles. The van der Waals surface area contributed by atoms with Crippen molar-refractivity contribution in [1.29, 1.82) is 0 Å². The number of rotatable bonds is 3. The molecule has 1 aromatic heterocycles. The van der Waals surface area contributed by atoms with Crippen molar-refractivity contribution in [3.63, 3.8) is 0 Å². The van der Waals surface area contributed by atoms with Gasteiger partial charge in [0.15, 0.2) is 0 Å². The predicted molar refractivity (Wildman–Crippen MR) is 74.9 cm³/mol. The van der Waals surface area contributed by atoms with Gasteiger partial charge in [-0.05, 0) is 37.5 Å². The third-order valence-electron chi connectivity index (χ3n) is 3.98. The number of isocyanates is 1. The van der Waals surface area contributed by atoms with Gasteiger partial charge in [0.25, 0.3) is 0 Å². The van der Waals surface area contributed by atoms with Gasteiger partial charge in [0.1, 0.15) is 6.26 Å². The summed E-state index contributed by atoms with van der Waals surface area (Å²) >= 11 is 0. The van der Waals surface area contributed by atoms with E-state index in [1.807, 2.05) is 31.2 Å². The van der Waals surface area contributed by atoms with Crippen LogP contribution in [0.1, 0.15) is 36.9 Å². The molecule has 0 spiro atoms. The molecule has 1 aliphatic carbocycles. The van der Waals surface area contributed by atoms with E-state index >= 15 is 0 Å². The maximum atomic E-state index is 10.7. The normalized spacial score (nSPS) is 16.9. The Bertz CT molecular complexity index is 645. The molecule has 0 unspecified atom stereocenters. The van der Waals surface area contributed by atoms with Crippen LogP contribution in [0.15, 0.2) is 39.9 Å². The third kappa shape index (κ3) is 2.19. The molecule has 1 aliphatic rings. The monoisotopic (exact) mass is 268 g/mol. The van der Waals surface area contributed by atoms with E-state index in [4.69, 9.17) is 4.42 Å². The molecule has 20 heavy (non-hydrogen) atoms. The predicted octanol–water partition coefficient (Wildman–Crippen LogP) is 3.76. The number of aliphatic imine (C=N–C) groups is 1. The first-order valence-electron chi connectivity index (χ1n) is 6.86. The molecule has 4 heteroatoms. The van der Waals surface area contributed by atoms with Crippen LogP contribution in [-0.4, -0.2) is 11.1 Å². The molecular formula is C16H16N2O2. The topological polar surface area (TPSA) is 55.5 Å². The number of benzene rings is 1. The van der Waals surface area contributed by atoms with Gasteiger partial charge in [-0.2, -0.15) is 4.99 Å². The minimum Gasteiger partial charge on any atom is -0.444 e. The largest absolute Gasteiger partial charge is 0.444 e. The van der Waals surface area contributed by atoms with Crippen molar-refractivity contribution in [1.82, 2.24) is 4.98 Å². The van der Waals surface area contributed by atoms with Crippen molar-refractivity contribution >= 4 is 6.08 Å². The summed E-state index contributed by atoms with van der Waals surface area (Å²) in [7, 11) is 0. The zero-order valence-electron chi connectivity index (χ0n) is 11.4. The van der Waals surface area contributed by atoms with E-state index in [2.05, 4.69) is 9.98 Å². The van der Waals surface area contributed by atoms with Gasteiger partial charge in [-0.3, -0.25) is 0 Å². The Labute approximate surface area is 117 Å². The average Bonchev–Trinajstić information content (AvgIpc) is 3.10. The van der Waals surface area contributed by atoms with Crippen LogP contribution in [0.25, 0.3) is 11.5 Å². The van der Waals surface area contributed by atoms with Crippen LogP contribution < -0.4 is 0 Å². The van der Waals surface area contributed by atoms with E-state index in [0.29, 0.717) is 5.89 Å². The highest BCUT2D eigenvalue weighted by Gasteiger charge is 2.35. The Balaban J connectivity index is 1.94. The molecule has 0 bridgehead atoms. The molecule has 1 heterocycles. The maximum Gasteiger partial charge on any atom is 0.235 e. The second-order valence-corrected chi connectivity index (χ2v) is 5.31. The molecule has 102 valence electrons. The highest BCUT2D eigenvalue weighted by Crippen LogP contribution is 2.42. The van der Waals surface area contributed by atoms with Gasteiger partial charge in [-0.25, -0.2) is 9.78 Å². The lowest BCUT2D eigenvalue weighted by Crippen LogP contribution is -2.18. The van der Waals surface area contributed by atoms with Gasteiger partial charge in [0.2, 0.25) is 12.0 Å². The highest BCUT2D eigenvalue weighted by atomic mass is 16.3. The fraction of sp³-hybridized carbons (Fsp3) is 0.375. The second kappa shape index (κ2) is 5.06. The van der Waals surface area contributed by atoms with Crippen molar-refractivity contribution in [3.8, 4) is 11.5 Å². The molecule has 0 amide bonds. The molecule has 0 radical (unpaired) electrons. The van der Waals surface area contributed by atoms with Crippen LogP contribution in [-0.2, 0) is 10.3 Å². The summed E-state index contributed by atoms with van der Waals surface area (Å²) in [5, 5.41) is 0. The van der Waals surface area contributed by atoms with E-state index in [0.717, 1.165) is 42.5 Å². The lowest BCUT2D eigenvalue weighted by atomic mass is 9.88. The summed E-state index contributed by atoms with van der Waals surface area (Å²) < 4.78 is 5.39. The minimum atomic E-state index is -0.368. The van der Waals surface area contributed by atoms with Crippen LogP contribution in [0.5, 0.6) is 0 Å². The number of nitrogens with zero attached hydrogens (tertiary/aromatic N) is 2. The first kappa shape index (κ1) is 12.8. The molecule has 1 saturated carbocycles. The van der Waals surface area contributed by atoms with Crippen molar-refractivity contribution in [3.05, 3.63) is 41.8 Å². The fourth-order valence-corrected chi connectivity index (χ4v) is 2.92. The first-order chi connectivity index (χ1) is 9.73. The molecule has 4 nitrogen and oxygen atoms in total. The van der Waals surface area contributed by atoms with Crippen LogP contribution >= 0.6 is 0 Å². The Hall–Kier alpha value is -2.19. The number of aryl methyl sites for hydroxylation is 1. The fourth-order valence-electron chi connectivity index (χ4n) is 2.92. The number of hydrogen-bond donors (Lipinski definition) is 0. The summed E-state index contributed by atoms with van der Waals surface area (Å²) in [4.78, 5) is 19.1. The third-order valence-corrected chi connectivity index (χ3v) is 3.98. The lowest BCUT2D eigenvalue weighted by Gasteiger charge is -2.22. The molecule has 0 saturated heterocycles. The van der Waals surface area contributed by atoms with Crippen LogP contribution in [0.4, 0.5) is 0 Å². The summed E-state index contributed by atoms with van der Waals surface area (Å²) in [5.41, 5.74) is 2.50. The van der Waals surface area contributed by atoms with Crippen molar-refractivity contribution in [2.45, 2.75) is 38.1 Å². The first-order valence-corrected chi connectivity index (χ1v) is 6.86. The summed E-state index contributed by atoms with van der Waals surface area (Å²) in [6, 6.07) is 7.98. The van der Waals surface area contributed by atoms with E-state index < -0.39 is 0 Å². The van der Waals surface area contributed by atoms with Gasteiger partial charge in [0.05, 0.1) is 11.2 Å². The van der Waals surface area contributed by atoms with Crippen molar-refractivity contribution < 1.29 is 9.21 Å². The standard InChI is InChI=1S/C16H16N2O2/c1-12-10-20-15(18-12)13-4-6-14(7-5-13)16(17-11-19)8-2-3-9-16/h4-7,10H,2-3,8-9H2,1H3. The number of aromatic nitrogens is 1. The Morgan fingerprint density at radius 1 is 1.25 bits per heavy atom. The SMILES string of the molecule is Cc1coc(-c2ccc(C3(N=C=O)CCCC3)cc2)n1. The summed E-state index contributed by atoms with van der Waals surface area (Å²) in [5.74, 6) is 0.619. The maximum absolute atomic E-state index is 10.7. The lowest BCUT2D eigenvalue weighted by molar-refractivity contribution is 0.456. The quantitative estimate of drug-likeness (QED) is 0.629. The molecule has 1 aromatic carbocycles. The van der Waals surface area contributed by atoms with Gasteiger partial charge < -0.3 is 4.42 Å². The van der Waals surface area contributed by atoms with Crippen molar-refractivity contribution in [2.24, 2.45) is 4.99 Å². The van der Waals surface area contributed by atoms with E-state index in [1.54, 1.807) is 12.3 Å². The Kier molecular flexibility index (Phi) is 3.25. The van der Waals surface area contributed by atoms with E-state index in [9.17, 15) is 4.79 Å². The van der Waals surface area contributed by atoms with Gasteiger partial charge in [-0.1, -0.05) is 25.0 Å². The molecule has 0 atom stereocenters. The van der Waals surface area contributed by atoms with Crippen LogP contribution in [0.2, 0.25) is 0 Å². The van der Waals surface area contributed by atoms with Gasteiger partial charge in [-0.15, -0.1) is 0 Å². The summed E-state index contributed by atoms with van der Waals surface area (Å²) in [6.45, 7) is 1.90. The van der Waals surface area contributed by atoms with Gasteiger partial charge >= 0.3 is 0 Å². The van der Waals surface area contributed by atoms with Crippen molar-refractivity contribution in [2.75, 3.05) is 0 Å². The molecule has 2 aromatic rings.